The SMILES string of the molecule is C=CC(=O)Oc1cc(OC(=O)C=C)cc(-c2ccc(OC(=O)C=C)c(OC(=O)C=C)c2)c1. The van der Waals surface area contributed by atoms with Crippen molar-refractivity contribution in [2.45, 2.75) is 0 Å². The fourth-order valence-corrected chi connectivity index (χ4v) is 2.32. The Kier molecular flexibility index (Phi) is 8.01. The number of ether oxygens (including phenoxy) is 4. The molecule has 2 aromatic rings. The van der Waals surface area contributed by atoms with E-state index >= 15 is 0 Å². The van der Waals surface area contributed by atoms with E-state index in [0.717, 1.165) is 24.3 Å². The number of carbonyl (C=O) groups excluding carboxylic acids is 4. The van der Waals surface area contributed by atoms with E-state index in [-0.39, 0.29) is 23.0 Å². The lowest BCUT2D eigenvalue weighted by Gasteiger charge is -2.13. The average Bonchev–Trinajstić information content (AvgIpc) is 2.79. The highest BCUT2D eigenvalue weighted by molar-refractivity contribution is 5.88. The zero-order valence-corrected chi connectivity index (χ0v) is 16.9. The Hall–Kier alpha value is -4.72. The van der Waals surface area contributed by atoms with Crippen LogP contribution in [0, 0.1) is 0 Å². The van der Waals surface area contributed by atoms with Gasteiger partial charge >= 0.3 is 23.9 Å². The molecule has 0 fully saturated rings. The Morgan fingerprint density at radius 1 is 0.531 bits per heavy atom. The highest BCUT2D eigenvalue weighted by Crippen LogP contribution is 2.36. The standard InChI is InChI=1S/C24H18O8/c1-5-21(25)29-17-11-16(12-18(14-17)30-22(26)6-2)15-9-10-19(31-23(27)7-3)20(13-15)32-24(28)8-4/h5-14H,1-4H2. The van der Waals surface area contributed by atoms with Gasteiger partial charge in [0.15, 0.2) is 11.5 Å². The molecule has 0 saturated heterocycles. The molecule has 0 heterocycles. The van der Waals surface area contributed by atoms with Crippen molar-refractivity contribution in [1.82, 2.24) is 0 Å². The highest BCUT2D eigenvalue weighted by Gasteiger charge is 2.15. The lowest BCUT2D eigenvalue weighted by atomic mass is 10.0. The van der Waals surface area contributed by atoms with Crippen LogP contribution in [0.3, 0.4) is 0 Å². The number of rotatable bonds is 9. The highest BCUT2D eigenvalue weighted by atomic mass is 16.6. The summed E-state index contributed by atoms with van der Waals surface area (Å²) in [4.78, 5) is 46.5. The van der Waals surface area contributed by atoms with Gasteiger partial charge in [-0.25, -0.2) is 19.2 Å². The third-order valence-corrected chi connectivity index (χ3v) is 3.68. The molecular weight excluding hydrogens is 416 g/mol. The summed E-state index contributed by atoms with van der Waals surface area (Å²) in [6, 6.07) is 8.63. The van der Waals surface area contributed by atoms with Crippen LogP contribution in [-0.2, 0) is 19.2 Å². The summed E-state index contributed by atoms with van der Waals surface area (Å²) >= 11 is 0. The van der Waals surface area contributed by atoms with Crippen LogP contribution in [0.4, 0.5) is 0 Å². The van der Waals surface area contributed by atoms with E-state index in [1.54, 1.807) is 6.07 Å². The molecule has 32 heavy (non-hydrogen) atoms. The Balaban J connectivity index is 2.58. The molecule has 0 aliphatic carbocycles. The molecule has 0 radical (unpaired) electrons. The van der Waals surface area contributed by atoms with Crippen LogP contribution in [-0.4, -0.2) is 23.9 Å². The van der Waals surface area contributed by atoms with Crippen molar-refractivity contribution in [3.05, 3.63) is 87.0 Å². The van der Waals surface area contributed by atoms with E-state index in [2.05, 4.69) is 26.3 Å². The number of benzene rings is 2. The zero-order valence-electron chi connectivity index (χ0n) is 16.9. The Morgan fingerprint density at radius 3 is 1.44 bits per heavy atom. The molecule has 8 heteroatoms. The third-order valence-electron chi connectivity index (χ3n) is 3.68. The summed E-state index contributed by atoms with van der Waals surface area (Å²) in [7, 11) is 0. The maximum absolute atomic E-state index is 11.7. The molecule has 0 bridgehead atoms. The largest absolute Gasteiger partial charge is 0.423 e. The van der Waals surface area contributed by atoms with Gasteiger partial charge in [0.2, 0.25) is 0 Å². The normalized spacial score (nSPS) is 9.62. The smallest absolute Gasteiger partial charge is 0.335 e. The number of hydrogen-bond donors (Lipinski definition) is 0. The van der Waals surface area contributed by atoms with Crippen LogP contribution >= 0.6 is 0 Å². The minimum atomic E-state index is -0.785. The first kappa shape index (κ1) is 23.6. The zero-order chi connectivity index (χ0) is 23.7. The van der Waals surface area contributed by atoms with Crippen molar-refractivity contribution >= 4 is 23.9 Å². The van der Waals surface area contributed by atoms with Gasteiger partial charge < -0.3 is 18.9 Å². The molecule has 0 aromatic heterocycles. The van der Waals surface area contributed by atoms with Gasteiger partial charge in [-0.15, -0.1) is 0 Å². The van der Waals surface area contributed by atoms with E-state index < -0.39 is 23.9 Å². The summed E-state index contributed by atoms with van der Waals surface area (Å²) in [5, 5.41) is 0. The van der Waals surface area contributed by atoms with Gasteiger partial charge in [0.05, 0.1) is 0 Å². The van der Waals surface area contributed by atoms with E-state index in [0.29, 0.717) is 11.1 Å². The van der Waals surface area contributed by atoms with Gasteiger partial charge in [0, 0.05) is 30.4 Å². The second-order valence-electron chi connectivity index (χ2n) is 5.86. The van der Waals surface area contributed by atoms with E-state index in [1.165, 1.54) is 30.3 Å². The Labute approximate surface area is 183 Å². The molecule has 2 rings (SSSR count). The topological polar surface area (TPSA) is 105 Å². The van der Waals surface area contributed by atoms with E-state index in [1.807, 2.05) is 0 Å². The summed E-state index contributed by atoms with van der Waals surface area (Å²) < 4.78 is 20.5. The van der Waals surface area contributed by atoms with Crippen molar-refractivity contribution in [2.75, 3.05) is 0 Å². The van der Waals surface area contributed by atoms with Crippen molar-refractivity contribution in [1.29, 1.82) is 0 Å². The molecule has 2 aromatic carbocycles. The molecule has 8 nitrogen and oxygen atoms in total. The second kappa shape index (κ2) is 10.9. The fraction of sp³-hybridized carbons (Fsp3) is 0. The first-order valence-electron chi connectivity index (χ1n) is 8.96. The van der Waals surface area contributed by atoms with Crippen molar-refractivity contribution in [3.63, 3.8) is 0 Å². The molecule has 162 valence electrons. The van der Waals surface area contributed by atoms with Gasteiger partial charge in [-0.2, -0.15) is 0 Å². The summed E-state index contributed by atoms with van der Waals surface area (Å²) in [5.41, 5.74) is 0.867. The molecule has 0 spiro atoms. The molecule has 0 aliphatic rings. The molecule has 0 aliphatic heterocycles. The molecule has 0 amide bonds. The molecular formula is C24H18O8. The van der Waals surface area contributed by atoms with Gasteiger partial charge in [0.1, 0.15) is 11.5 Å². The van der Waals surface area contributed by atoms with Crippen LogP contribution in [0.2, 0.25) is 0 Å². The third kappa shape index (κ3) is 6.39. The molecule has 0 N–H and O–H groups in total. The van der Waals surface area contributed by atoms with Gasteiger partial charge in [-0.3, -0.25) is 0 Å². The lowest BCUT2D eigenvalue weighted by Crippen LogP contribution is -2.08. The summed E-state index contributed by atoms with van der Waals surface area (Å²) in [6.45, 7) is 13.3. The van der Waals surface area contributed by atoms with Crippen LogP contribution in [0.15, 0.2) is 87.0 Å². The maximum Gasteiger partial charge on any atom is 0.335 e. The van der Waals surface area contributed by atoms with Crippen LogP contribution in [0.1, 0.15) is 0 Å². The predicted molar refractivity (Wildman–Crippen MR) is 115 cm³/mol. The second-order valence-corrected chi connectivity index (χ2v) is 5.86. The quantitative estimate of drug-likeness (QED) is 0.334. The molecule has 0 unspecified atom stereocenters. The van der Waals surface area contributed by atoms with Crippen molar-refractivity contribution in [2.24, 2.45) is 0 Å². The monoisotopic (exact) mass is 434 g/mol. The predicted octanol–water partition coefficient (Wildman–Crippen LogP) is 3.72. The van der Waals surface area contributed by atoms with Crippen LogP contribution in [0.25, 0.3) is 11.1 Å². The Bertz CT molecular complexity index is 1090. The van der Waals surface area contributed by atoms with Gasteiger partial charge in [-0.1, -0.05) is 32.4 Å². The van der Waals surface area contributed by atoms with Crippen LogP contribution < -0.4 is 18.9 Å². The number of carbonyl (C=O) groups is 4. The first-order valence-corrected chi connectivity index (χ1v) is 8.96. The van der Waals surface area contributed by atoms with E-state index in [9.17, 15) is 19.2 Å². The number of hydrogen-bond acceptors (Lipinski definition) is 8. The molecule has 0 atom stereocenters. The molecule has 0 saturated carbocycles. The van der Waals surface area contributed by atoms with Gasteiger partial charge in [-0.05, 0) is 35.4 Å². The maximum atomic E-state index is 11.7. The van der Waals surface area contributed by atoms with E-state index in [4.69, 9.17) is 18.9 Å². The lowest BCUT2D eigenvalue weighted by molar-refractivity contribution is -0.131. The van der Waals surface area contributed by atoms with Crippen molar-refractivity contribution < 1.29 is 38.1 Å². The Morgan fingerprint density at radius 2 is 0.969 bits per heavy atom. The number of esters is 4. The van der Waals surface area contributed by atoms with Crippen LogP contribution in [0.5, 0.6) is 23.0 Å². The fourth-order valence-electron chi connectivity index (χ4n) is 2.32. The summed E-state index contributed by atoms with van der Waals surface area (Å²) in [5.74, 6) is -3.00. The average molecular weight is 434 g/mol. The minimum Gasteiger partial charge on any atom is -0.423 e. The van der Waals surface area contributed by atoms with Gasteiger partial charge in [0.25, 0.3) is 0 Å². The first-order chi connectivity index (χ1) is 15.3. The summed E-state index contributed by atoms with van der Waals surface area (Å²) in [6.07, 6.45) is 3.83. The van der Waals surface area contributed by atoms with Crippen molar-refractivity contribution in [3.8, 4) is 34.1 Å². The minimum absolute atomic E-state index is 0.0404.